The third kappa shape index (κ3) is 3.45. The SMILES string of the molecule is Cc1ccc2c(c1)OC(=O)[C@@H]1C2=C[C@H](c2ccc3c(c2)OCO3)[C@H]2C(=O)N(c3cc([N+](=O)[O-])ccc3Cl)C(=O)[C@@H]12. The summed E-state index contributed by atoms with van der Waals surface area (Å²) >= 11 is 6.37. The molecule has 1 fully saturated rings. The number of halogens is 1. The topological polar surface area (TPSA) is 125 Å². The number of nitro benzene ring substituents is 1. The first kappa shape index (κ1) is 24.3. The van der Waals surface area contributed by atoms with E-state index in [1.165, 1.54) is 12.1 Å². The van der Waals surface area contributed by atoms with Crippen LogP contribution in [-0.4, -0.2) is 29.5 Å². The number of nitro groups is 1. The number of hydrogen-bond acceptors (Lipinski definition) is 8. The molecule has 40 heavy (non-hydrogen) atoms. The average Bonchev–Trinajstić information content (AvgIpc) is 3.50. The first-order valence-electron chi connectivity index (χ1n) is 12.5. The van der Waals surface area contributed by atoms with Gasteiger partial charge in [0.25, 0.3) is 5.69 Å². The van der Waals surface area contributed by atoms with Crippen molar-refractivity contribution in [2.24, 2.45) is 17.8 Å². The van der Waals surface area contributed by atoms with Crippen molar-refractivity contribution in [3.05, 3.63) is 92.5 Å². The lowest BCUT2D eigenvalue weighted by Gasteiger charge is -2.38. The summed E-state index contributed by atoms with van der Waals surface area (Å²) in [5.41, 5.74) is 2.39. The van der Waals surface area contributed by atoms with Gasteiger partial charge in [0.15, 0.2) is 11.5 Å². The molecule has 200 valence electrons. The number of carbonyl (C=O) groups excluding carboxylic acids is 3. The standard InChI is InChI=1S/C29H19ClN2O8/c1-13-2-5-16-18-11-17(14-3-7-21-23(9-14)39-12-38-21)24-26(25(18)29(35)40-22(16)8-13)28(34)31(27(24)33)20-10-15(32(36)37)4-6-19(20)30/h2-11,17,24-26H,12H2,1H3/t17-,24-,25-,26-/m1/s1. The zero-order valence-corrected chi connectivity index (χ0v) is 21.6. The van der Waals surface area contributed by atoms with Crippen LogP contribution in [0.4, 0.5) is 11.4 Å². The number of carbonyl (C=O) groups is 3. The Hall–Kier alpha value is -4.70. The van der Waals surface area contributed by atoms with Crippen molar-refractivity contribution in [3.63, 3.8) is 0 Å². The van der Waals surface area contributed by atoms with Crippen molar-refractivity contribution in [3.8, 4) is 17.2 Å². The number of ether oxygens (including phenoxy) is 3. The maximum Gasteiger partial charge on any atom is 0.319 e. The minimum atomic E-state index is -1.12. The fourth-order valence-electron chi connectivity index (χ4n) is 6.14. The normalized spacial score (nSPS) is 24.2. The van der Waals surface area contributed by atoms with E-state index < -0.39 is 46.4 Å². The number of imide groups is 1. The molecule has 1 saturated heterocycles. The van der Waals surface area contributed by atoms with E-state index in [0.29, 0.717) is 33.9 Å². The van der Waals surface area contributed by atoms with Crippen LogP contribution < -0.4 is 19.1 Å². The second-order valence-electron chi connectivity index (χ2n) is 10.1. The molecule has 7 rings (SSSR count). The van der Waals surface area contributed by atoms with Crippen LogP contribution in [0.5, 0.6) is 17.2 Å². The van der Waals surface area contributed by atoms with Gasteiger partial charge in [0.2, 0.25) is 18.6 Å². The quantitative estimate of drug-likeness (QED) is 0.147. The molecule has 0 spiro atoms. The molecule has 0 unspecified atom stereocenters. The Morgan fingerprint density at radius 1 is 0.925 bits per heavy atom. The van der Waals surface area contributed by atoms with Crippen molar-refractivity contribution in [2.45, 2.75) is 12.8 Å². The van der Waals surface area contributed by atoms with Crippen molar-refractivity contribution >= 4 is 46.3 Å². The maximum atomic E-state index is 14.1. The Kier molecular flexibility index (Phi) is 5.27. The second-order valence-corrected chi connectivity index (χ2v) is 10.5. The van der Waals surface area contributed by atoms with Crippen molar-refractivity contribution in [2.75, 3.05) is 11.7 Å². The van der Waals surface area contributed by atoms with Gasteiger partial charge < -0.3 is 14.2 Å². The average molecular weight is 559 g/mol. The van der Waals surface area contributed by atoms with Crippen LogP contribution in [0.3, 0.4) is 0 Å². The highest BCUT2D eigenvalue weighted by Crippen LogP contribution is 2.55. The minimum absolute atomic E-state index is 0.00852. The van der Waals surface area contributed by atoms with Gasteiger partial charge in [0.05, 0.1) is 33.4 Å². The van der Waals surface area contributed by atoms with Gasteiger partial charge in [-0.25, -0.2) is 4.90 Å². The van der Waals surface area contributed by atoms with Crippen LogP contribution in [0.15, 0.2) is 60.7 Å². The fraction of sp³-hybridized carbons (Fsp3) is 0.207. The van der Waals surface area contributed by atoms with Gasteiger partial charge in [-0.15, -0.1) is 0 Å². The Labute approximate surface area is 231 Å². The number of nitrogens with zero attached hydrogens (tertiary/aromatic N) is 2. The van der Waals surface area contributed by atoms with E-state index in [2.05, 4.69) is 0 Å². The highest BCUT2D eigenvalue weighted by molar-refractivity contribution is 6.36. The van der Waals surface area contributed by atoms with Gasteiger partial charge in [-0.3, -0.25) is 24.5 Å². The highest BCUT2D eigenvalue weighted by atomic mass is 35.5. The van der Waals surface area contributed by atoms with Crippen LogP contribution in [0.1, 0.15) is 22.6 Å². The first-order chi connectivity index (χ1) is 19.2. The van der Waals surface area contributed by atoms with E-state index >= 15 is 0 Å². The van der Waals surface area contributed by atoms with Crippen LogP contribution in [-0.2, 0) is 14.4 Å². The van der Waals surface area contributed by atoms with Crippen LogP contribution >= 0.6 is 11.6 Å². The lowest BCUT2D eigenvalue weighted by atomic mass is 9.64. The maximum absolute atomic E-state index is 14.1. The largest absolute Gasteiger partial charge is 0.454 e. The Bertz CT molecular complexity index is 1720. The number of aryl methyl sites for hydroxylation is 1. The molecule has 0 bridgehead atoms. The van der Waals surface area contributed by atoms with E-state index in [-0.39, 0.29) is 23.2 Å². The van der Waals surface area contributed by atoms with Crippen LogP contribution in [0.2, 0.25) is 5.02 Å². The number of hydrogen-bond donors (Lipinski definition) is 0. The third-order valence-corrected chi connectivity index (χ3v) is 8.23. The summed E-state index contributed by atoms with van der Waals surface area (Å²) in [5, 5.41) is 11.5. The molecule has 3 aromatic rings. The Morgan fingerprint density at radius 3 is 2.50 bits per heavy atom. The van der Waals surface area contributed by atoms with E-state index in [1.54, 1.807) is 24.3 Å². The zero-order valence-electron chi connectivity index (χ0n) is 20.8. The predicted molar refractivity (Wildman–Crippen MR) is 141 cm³/mol. The van der Waals surface area contributed by atoms with Gasteiger partial charge in [-0.1, -0.05) is 35.9 Å². The highest BCUT2D eigenvalue weighted by Gasteiger charge is 2.60. The molecule has 4 aliphatic rings. The summed E-state index contributed by atoms with van der Waals surface area (Å²) in [4.78, 5) is 53.4. The van der Waals surface area contributed by atoms with Crippen LogP contribution in [0.25, 0.3) is 5.57 Å². The van der Waals surface area contributed by atoms with Crippen molar-refractivity contribution < 1.29 is 33.5 Å². The number of amides is 2. The summed E-state index contributed by atoms with van der Waals surface area (Å²) in [6.45, 7) is 1.94. The van der Waals surface area contributed by atoms with Crippen LogP contribution in [0, 0.1) is 34.8 Å². The molecule has 10 nitrogen and oxygen atoms in total. The molecule has 3 aliphatic heterocycles. The number of allylic oxidation sites excluding steroid dienone is 1. The van der Waals surface area contributed by atoms with E-state index in [4.69, 9.17) is 25.8 Å². The monoisotopic (exact) mass is 558 g/mol. The van der Waals surface area contributed by atoms with E-state index in [1.807, 2.05) is 25.1 Å². The van der Waals surface area contributed by atoms with Gasteiger partial charge in [0.1, 0.15) is 5.75 Å². The Balaban J connectivity index is 1.42. The molecule has 3 heterocycles. The number of fused-ring (bicyclic) bond motifs is 6. The summed E-state index contributed by atoms with van der Waals surface area (Å²) in [6, 6.07) is 14.3. The summed E-state index contributed by atoms with van der Waals surface area (Å²) in [7, 11) is 0. The first-order valence-corrected chi connectivity index (χ1v) is 12.9. The van der Waals surface area contributed by atoms with E-state index in [0.717, 1.165) is 16.5 Å². The van der Waals surface area contributed by atoms with Gasteiger partial charge in [0, 0.05) is 23.6 Å². The molecule has 4 atom stereocenters. The molecule has 1 aliphatic carbocycles. The Morgan fingerprint density at radius 2 is 1.70 bits per heavy atom. The minimum Gasteiger partial charge on any atom is -0.454 e. The van der Waals surface area contributed by atoms with Crippen molar-refractivity contribution in [1.82, 2.24) is 0 Å². The lowest BCUT2D eigenvalue weighted by molar-refractivity contribution is -0.384. The second kappa shape index (κ2) is 8.65. The molecule has 0 N–H and O–H groups in total. The summed E-state index contributed by atoms with van der Waals surface area (Å²) in [5.74, 6) is -4.30. The van der Waals surface area contributed by atoms with Gasteiger partial charge in [-0.05, 0) is 47.9 Å². The molecule has 3 aromatic carbocycles. The molecular formula is C29H19ClN2O8. The predicted octanol–water partition coefficient (Wildman–Crippen LogP) is 4.81. The van der Waals surface area contributed by atoms with Crippen molar-refractivity contribution in [1.29, 1.82) is 0 Å². The van der Waals surface area contributed by atoms with E-state index in [9.17, 15) is 24.5 Å². The number of rotatable bonds is 3. The summed E-state index contributed by atoms with van der Waals surface area (Å²) in [6.07, 6.45) is 1.85. The van der Waals surface area contributed by atoms with Gasteiger partial charge >= 0.3 is 5.97 Å². The zero-order chi connectivity index (χ0) is 27.9. The number of anilines is 1. The van der Waals surface area contributed by atoms with Gasteiger partial charge in [-0.2, -0.15) is 0 Å². The third-order valence-electron chi connectivity index (χ3n) is 7.91. The fourth-order valence-corrected chi connectivity index (χ4v) is 6.34. The molecule has 0 aromatic heterocycles. The number of esters is 1. The molecule has 0 saturated carbocycles. The molecule has 2 amide bonds. The summed E-state index contributed by atoms with van der Waals surface area (Å²) < 4.78 is 16.7. The smallest absolute Gasteiger partial charge is 0.319 e. The number of benzene rings is 3. The lowest BCUT2D eigenvalue weighted by Crippen LogP contribution is -2.42. The number of non-ortho nitro benzene ring substituents is 1. The molecule has 0 radical (unpaired) electrons. The molecular weight excluding hydrogens is 540 g/mol. The molecule has 11 heteroatoms.